The van der Waals surface area contributed by atoms with E-state index in [1.54, 1.807) is 24.1 Å². The molecule has 0 aromatic heterocycles. The lowest BCUT2D eigenvalue weighted by molar-refractivity contribution is -0.118. The maximum Gasteiger partial charge on any atom is 0.242 e. The normalized spacial score (nSPS) is 11.7. The molecule has 0 radical (unpaired) electrons. The zero-order valence-electron chi connectivity index (χ0n) is 12.5. The minimum atomic E-state index is -3.42. The Morgan fingerprint density at radius 1 is 1.10 bits per heavy atom. The third-order valence-corrected chi connectivity index (χ3v) is 4.95. The van der Waals surface area contributed by atoms with Crippen molar-refractivity contribution in [3.8, 4) is 0 Å². The number of carbonyl (C=O) groups is 1. The summed E-state index contributed by atoms with van der Waals surface area (Å²) < 4.78 is 25.0. The fraction of sp³-hybridized carbons (Fsp3) is 0.500. The van der Waals surface area contributed by atoms with Crippen LogP contribution in [0.15, 0.2) is 29.2 Å². The molecule has 0 aliphatic carbocycles. The van der Waals surface area contributed by atoms with Crippen LogP contribution >= 0.6 is 0 Å². The van der Waals surface area contributed by atoms with Crippen LogP contribution in [0.25, 0.3) is 0 Å². The van der Waals surface area contributed by atoms with Crippen LogP contribution in [0.2, 0.25) is 0 Å². The van der Waals surface area contributed by atoms with Gasteiger partial charge in [0.1, 0.15) is 0 Å². The second-order valence-corrected chi connectivity index (χ2v) is 6.99. The topological polar surface area (TPSA) is 57.7 Å². The minimum absolute atomic E-state index is 0.0371. The summed E-state index contributed by atoms with van der Waals surface area (Å²) in [5.74, 6) is 0.0371. The molecule has 0 aliphatic rings. The molecule has 0 saturated carbocycles. The van der Waals surface area contributed by atoms with Gasteiger partial charge >= 0.3 is 0 Å². The molecule has 20 heavy (non-hydrogen) atoms. The fourth-order valence-corrected chi connectivity index (χ4v) is 2.59. The third kappa shape index (κ3) is 3.80. The molecule has 0 unspecified atom stereocenters. The fourth-order valence-electron chi connectivity index (χ4n) is 1.69. The summed E-state index contributed by atoms with van der Waals surface area (Å²) in [6.07, 6.45) is 2.33. The standard InChI is InChI=1S/C14H22N2O3S/c1-5-6-7-14(17)16(4)12-8-10-13(11-9-12)20(18,19)15(2)3/h8-11H,5-7H2,1-4H3. The van der Waals surface area contributed by atoms with E-state index in [9.17, 15) is 13.2 Å². The number of unbranched alkanes of at least 4 members (excludes halogenated alkanes) is 1. The molecular weight excluding hydrogens is 276 g/mol. The molecule has 0 atom stereocenters. The molecule has 0 fully saturated rings. The van der Waals surface area contributed by atoms with Crippen LogP contribution in [0.3, 0.4) is 0 Å². The first-order chi connectivity index (χ1) is 9.30. The summed E-state index contributed by atoms with van der Waals surface area (Å²) in [5.41, 5.74) is 0.698. The number of nitrogens with zero attached hydrogens (tertiary/aromatic N) is 2. The lowest BCUT2D eigenvalue weighted by atomic mass is 10.2. The molecule has 0 saturated heterocycles. The zero-order valence-corrected chi connectivity index (χ0v) is 13.3. The molecule has 0 heterocycles. The number of rotatable bonds is 6. The predicted octanol–water partition coefficient (Wildman–Crippen LogP) is 2.09. The molecule has 0 aliphatic heterocycles. The Labute approximate surface area is 121 Å². The monoisotopic (exact) mass is 298 g/mol. The Bertz CT molecular complexity index is 550. The number of amides is 1. The molecule has 6 heteroatoms. The maximum absolute atomic E-state index is 11.9. The Kier molecular flexibility index (Phi) is 5.71. The summed E-state index contributed by atoms with van der Waals surface area (Å²) >= 11 is 0. The molecule has 1 aromatic carbocycles. The lowest BCUT2D eigenvalue weighted by Gasteiger charge is -2.18. The maximum atomic E-state index is 11.9. The smallest absolute Gasteiger partial charge is 0.242 e. The second kappa shape index (κ2) is 6.85. The summed E-state index contributed by atoms with van der Waals surface area (Å²) in [4.78, 5) is 13.7. The van der Waals surface area contributed by atoms with Gasteiger partial charge in [0.25, 0.3) is 0 Å². The molecule has 5 nitrogen and oxygen atoms in total. The predicted molar refractivity (Wildman–Crippen MR) is 80.2 cm³/mol. The van der Waals surface area contributed by atoms with E-state index in [-0.39, 0.29) is 10.8 Å². The highest BCUT2D eigenvalue weighted by Gasteiger charge is 2.17. The quantitative estimate of drug-likeness (QED) is 0.808. The van der Waals surface area contributed by atoms with Crippen molar-refractivity contribution in [1.82, 2.24) is 4.31 Å². The highest BCUT2D eigenvalue weighted by atomic mass is 32.2. The first-order valence-electron chi connectivity index (χ1n) is 6.60. The summed E-state index contributed by atoms with van der Waals surface area (Å²) in [5, 5.41) is 0. The highest BCUT2D eigenvalue weighted by molar-refractivity contribution is 7.89. The molecule has 0 spiro atoms. The number of hydrogen-bond donors (Lipinski definition) is 0. The van der Waals surface area contributed by atoms with Crippen molar-refractivity contribution in [1.29, 1.82) is 0 Å². The average Bonchev–Trinajstić information content (AvgIpc) is 2.43. The van der Waals surface area contributed by atoms with Crippen molar-refractivity contribution in [3.63, 3.8) is 0 Å². The van der Waals surface area contributed by atoms with E-state index in [1.807, 2.05) is 6.92 Å². The van der Waals surface area contributed by atoms with Gasteiger partial charge in [0.2, 0.25) is 15.9 Å². The van der Waals surface area contributed by atoms with E-state index in [0.717, 1.165) is 17.1 Å². The van der Waals surface area contributed by atoms with Crippen molar-refractivity contribution >= 4 is 21.6 Å². The van der Waals surface area contributed by atoms with Gasteiger partial charge in [-0.25, -0.2) is 12.7 Å². The summed E-state index contributed by atoms with van der Waals surface area (Å²) in [7, 11) is 1.26. The van der Waals surface area contributed by atoms with E-state index in [2.05, 4.69) is 0 Å². The van der Waals surface area contributed by atoms with Crippen LogP contribution in [-0.4, -0.2) is 39.8 Å². The number of benzene rings is 1. The molecule has 1 rings (SSSR count). The van der Waals surface area contributed by atoms with Crippen molar-refractivity contribution in [2.75, 3.05) is 26.0 Å². The molecule has 112 valence electrons. The van der Waals surface area contributed by atoms with Crippen molar-refractivity contribution in [3.05, 3.63) is 24.3 Å². The third-order valence-electron chi connectivity index (χ3n) is 3.12. The van der Waals surface area contributed by atoms with Gasteiger partial charge in [0.15, 0.2) is 0 Å². The lowest BCUT2D eigenvalue weighted by Crippen LogP contribution is -2.26. The number of anilines is 1. The average molecular weight is 298 g/mol. The number of hydrogen-bond acceptors (Lipinski definition) is 3. The Morgan fingerprint density at radius 2 is 1.65 bits per heavy atom. The van der Waals surface area contributed by atoms with E-state index in [1.165, 1.54) is 26.2 Å². The van der Waals surface area contributed by atoms with Crippen LogP contribution in [0, 0.1) is 0 Å². The van der Waals surface area contributed by atoms with Crippen LogP contribution in [0.5, 0.6) is 0 Å². The molecule has 0 N–H and O–H groups in total. The van der Waals surface area contributed by atoms with Gasteiger partial charge < -0.3 is 4.90 Å². The largest absolute Gasteiger partial charge is 0.316 e. The number of carbonyl (C=O) groups excluding carboxylic acids is 1. The van der Waals surface area contributed by atoms with Gasteiger partial charge in [0.05, 0.1) is 4.90 Å². The van der Waals surface area contributed by atoms with Crippen molar-refractivity contribution in [2.24, 2.45) is 0 Å². The summed E-state index contributed by atoms with van der Waals surface area (Å²) in [6.45, 7) is 2.04. The van der Waals surface area contributed by atoms with Crippen LogP contribution < -0.4 is 4.90 Å². The van der Waals surface area contributed by atoms with Gasteiger partial charge in [-0.3, -0.25) is 4.79 Å². The van der Waals surface area contributed by atoms with Crippen LogP contribution in [-0.2, 0) is 14.8 Å². The van der Waals surface area contributed by atoms with Crippen molar-refractivity contribution < 1.29 is 13.2 Å². The molecule has 1 aromatic rings. The van der Waals surface area contributed by atoms with E-state index < -0.39 is 10.0 Å². The molecule has 1 amide bonds. The van der Waals surface area contributed by atoms with Crippen LogP contribution in [0.4, 0.5) is 5.69 Å². The van der Waals surface area contributed by atoms with Gasteiger partial charge in [-0.05, 0) is 30.7 Å². The molecule has 0 bridgehead atoms. The Hall–Kier alpha value is -1.40. The van der Waals surface area contributed by atoms with Gasteiger partial charge in [-0.2, -0.15) is 0 Å². The summed E-state index contributed by atoms with van der Waals surface area (Å²) in [6, 6.07) is 6.35. The first-order valence-corrected chi connectivity index (χ1v) is 8.04. The first kappa shape index (κ1) is 16.7. The van der Waals surface area contributed by atoms with Gasteiger partial charge in [-0.1, -0.05) is 13.3 Å². The Morgan fingerprint density at radius 3 is 2.10 bits per heavy atom. The van der Waals surface area contributed by atoms with E-state index in [4.69, 9.17) is 0 Å². The minimum Gasteiger partial charge on any atom is -0.316 e. The number of sulfonamides is 1. The van der Waals surface area contributed by atoms with E-state index in [0.29, 0.717) is 12.1 Å². The van der Waals surface area contributed by atoms with Gasteiger partial charge in [0, 0.05) is 33.3 Å². The second-order valence-electron chi connectivity index (χ2n) is 4.84. The van der Waals surface area contributed by atoms with Crippen molar-refractivity contribution in [2.45, 2.75) is 31.1 Å². The Balaban J connectivity index is 2.89. The van der Waals surface area contributed by atoms with Crippen LogP contribution in [0.1, 0.15) is 26.2 Å². The SMILES string of the molecule is CCCCC(=O)N(C)c1ccc(S(=O)(=O)N(C)C)cc1. The highest BCUT2D eigenvalue weighted by Crippen LogP contribution is 2.19. The van der Waals surface area contributed by atoms with E-state index >= 15 is 0 Å². The van der Waals surface area contributed by atoms with Gasteiger partial charge in [-0.15, -0.1) is 0 Å². The molecular formula is C14H22N2O3S. The zero-order chi connectivity index (χ0) is 15.3.